The van der Waals surface area contributed by atoms with E-state index in [9.17, 15) is 9.59 Å². The summed E-state index contributed by atoms with van der Waals surface area (Å²) >= 11 is 0. The van der Waals surface area contributed by atoms with Gasteiger partial charge in [-0.2, -0.15) is 0 Å². The Balaban J connectivity index is 0.000000223. The number of hydroxylamine groups is 1. The van der Waals surface area contributed by atoms with Gasteiger partial charge in [-0.25, -0.2) is 15.3 Å². The van der Waals surface area contributed by atoms with Crippen LogP contribution in [0, 0.1) is 0 Å². The van der Waals surface area contributed by atoms with Gasteiger partial charge in [0, 0.05) is 33.6 Å². The smallest absolute Gasteiger partial charge is 0.255 e. The largest absolute Gasteiger partial charge is 0.409 e. The van der Waals surface area contributed by atoms with Gasteiger partial charge in [0.2, 0.25) is 0 Å². The molecule has 0 bridgehead atoms. The predicted molar refractivity (Wildman–Crippen MR) is 196 cm³/mol. The Morgan fingerprint density at radius 3 is 1.43 bits per heavy atom. The van der Waals surface area contributed by atoms with Crippen molar-refractivity contribution in [2.45, 2.75) is 71.9 Å². The first kappa shape index (κ1) is 36.4. The summed E-state index contributed by atoms with van der Waals surface area (Å²) in [7, 11) is 0. The van der Waals surface area contributed by atoms with Crippen molar-refractivity contribution in [1.82, 2.24) is 5.48 Å². The molecule has 256 valence electrons. The Labute approximate surface area is 288 Å². The predicted octanol–water partition coefficient (Wildman–Crippen LogP) is 7.58. The molecule has 10 nitrogen and oxygen atoms in total. The maximum Gasteiger partial charge on any atom is 0.255 e. The summed E-state index contributed by atoms with van der Waals surface area (Å²) in [6.45, 7) is 16.7. The normalized spacial score (nSPS) is 14.1. The molecule has 5 rings (SSSR count). The number of carbonyl (C=O) groups is 2. The van der Waals surface area contributed by atoms with Crippen molar-refractivity contribution in [2.24, 2.45) is 15.9 Å². The first-order valence-corrected chi connectivity index (χ1v) is 16.0. The lowest BCUT2D eigenvalue weighted by atomic mass is 9.87. The summed E-state index contributed by atoms with van der Waals surface area (Å²) in [5.41, 5.74) is 14.4. The fraction of sp³-hybridized carbons (Fsp3) is 0.282. The molecule has 10 heteroatoms. The van der Waals surface area contributed by atoms with E-state index in [0.29, 0.717) is 22.5 Å². The molecule has 2 amide bonds. The van der Waals surface area contributed by atoms with Crippen LogP contribution in [0.1, 0.15) is 98.4 Å². The molecule has 4 aromatic carbocycles. The van der Waals surface area contributed by atoms with Gasteiger partial charge >= 0.3 is 0 Å². The fourth-order valence-corrected chi connectivity index (χ4v) is 4.75. The van der Waals surface area contributed by atoms with E-state index < -0.39 is 5.72 Å². The molecule has 0 radical (unpaired) electrons. The van der Waals surface area contributed by atoms with Gasteiger partial charge in [-0.1, -0.05) is 95.2 Å². The number of nitrogens with zero attached hydrogens (tertiary/aromatic N) is 2. The van der Waals surface area contributed by atoms with E-state index in [1.807, 2.05) is 74.5 Å². The summed E-state index contributed by atoms with van der Waals surface area (Å²) in [5, 5.41) is 17.3. The van der Waals surface area contributed by atoms with Crippen molar-refractivity contribution in [1.29, 1.82) is 0 Å². The van der Waals surface area contributed by atoms with Crippen molar-refractivity contribution in [3.8, 4) is 0 Å². The van der Waals surface area contributed by atoms with Gasteiger partial charge in [0.1, 0.15) is 0 Å². The summed E-state index contributed by atoms with van der Waals surface area (Å²) in [6, 6.07) is 29.6. The molecule has 0 atom stereocenters. The number of anilines is 2. The lowest BCUT2D eigenvalue weighted by Gasteiger charge is -2.19. The Bertz CT molecular complexity index is 1810. The second-order valence-electron chi connectivity index (χ2n) is 14.3. The molecule has 0 saturated carbocycles. The van der Waals surface area contributed by atoms with Crippen LogP contribution in [-0.4, -0.2) is 34.4 Å². The lowest BCUT2D eigenvalue weighted by Crippen LogP contribution is -2.23. The summed E-state index contributed by atoms with van der Waals surface area (Å²) in [6.07, 6.45) is 0. The van der Waals surface area contributed by atoms with E-state index in [1.54, 1.807) is 36.4 Å². The van der Waals surface area contributed by atoms with Crippen LogP contribution in [0.4, 0.5) is 11.4 Å². The SMILES string of the molecule is CC(C)(C)c1ccc(NC(=O)c2ccc(/C(N)=N/O)cc2)cc1.CC1(C)N=C(c2ccc(C(=O)Nc3ccc(C(C)(C)C)cc3)cc2)NO1. The van der Waals surface area contributed by atoms with Gasteiger partial charge in [-0.15, -0.1) is 0 Å². The molecule has 0 aromatic heterocycles. The number of oxime groups is 1. The Hall–Kier alpha value is -5.48. The minimum atomic E-state index is -0.579. The number of aliphatic imine (C=N–C) groups is 1. The zero-order valence-corrected chi connectivity index (χ0v) is 29.4. The standard InChI is InChI=1S/C21H25N3O2.C18H21N3O2/c1-20(2,3)16-10-12-17(13-11-16)22-19(25)15-8-6-14(7-9-15)18-23-21(4,5)26-24-18;1-18(2,3)14-8-10-15(11-9-14)20-17(22)13-6-4-12(5-7-13)16(19)21-23/h6-13H,1-5H3,(H,22,25)(H,23,24);4-11,23H,1-3H3,(H2,19,21)(H,20,22). The zero-order chi connectivity index (χ0) is 36.0. The first-order chi connectivity index (χ1) is 22.9. The third kappa shape index (κ3) is 10.0. The highest BCUT2D eigenvalue weighted by Gasteiger charge is 2.26. The maximum absolute atomic E-state index is 12.4. The number of nitrogens with one attached hydrogen (secondary N) is 3. The first-order valence-electron chi connectivity index (χ1n) is 16.0. The topological polar surface area (TPSA) is 150 Å². The number of amidine groups is 2. The second kappa shape index (κ2) is 14.7. The Morgan fingerprint density at radius 1 is 0.694 bits per heavy atom. The molecular formula is C39H46N6O4. The molecule has 1 heterocycles. The number of nitrogens with two attached hydrogens (primary N) is 1. The number of benzene rings is 4. The minimum absolute atomic E-state index is 0.00901. The van der Waals surface area contributed by atoms with Crippen molar-refractivity contribution >= 4 is 34.9 Å². The van der Waals surface area contributed by atoms with Crippen molar-refractivity contribution in [2.75, 3.05) is 10.6 Å². The molecule has 0 aliphatic carbocycles. The quantitative estimate of drug-likeness (QED) is 0.0622. The molecule has 6 N–H and O–H groups in total. The van der Waals surface area contributed by atoms with E-state index in [2.05, 4.69) is 67.8 Å². The average molecular weight is 663 g/mol. The Kier molecular flexibility index (Phi) is 10.9. The van der Waals surface area contributed by atoms with Gasteiger partial charge in [0.25, 0.3) is 11.8 Å². The molecule has 1 aliphatic heterocycles. The number of hydrogen-bond acceptors (Lipinski definition) is 7. The van der Waals surface area contributed by atoms with Gasteiger partial charge in [0.05, 0.1) is 0 Å². The molecular weight excluding hydrogens is 616 g/mol. The van der Waals surface area contributed by atoms with E-state index in [-0.39, 0.29) is 28.5 Å². The van der Waals surface area contributed by atoms with Gasteiger partial charge in [0.15, 0.2) is 17.4 Å². The minimum Gasteiger partial charge on any atom is -0.409 e. The fourth-order valence-electron chi connectivity index (χ4n) is 4.75. The van der Waals surface area contributed by atoms with Crippen molar-refractivity contribution in [3.63, 3.8) is 0 Å². The molecule has 0 saturated heterocycles. The van der Waals surface area contributed by atoms with Gasteiger partial charge < -0.3 is 21.6 Å². The van der Waals surface area contributed by atoms with Crippen molar-refractivity contribution in [3.05, 3.63) is 130 Å². The van der Waals surface area contributed by atoms with Crippen LogP contribution >= 0.6 is 0 Å². The molecule has 0 unspecified atom stereocenters. The number of amides is 2. The lowest BCUT2D eigenvalue weighted by molar-refractivity contribution is -0.0269. The van der Waals surface area contributed by atoms with E-state index in [4.69, 9.17) is 15.8 Å². The van der Waals surface area contributed by atoms with Crippen LogP contribution in [0.3, 0.4) is 0 Å². The highest BCUT2D eigenvalue weighted by molar-refractivity contribution is 6.06. The monoisotopic (exact) mass is 662 g/mol. The molecule has 4 aromatic rings. The van der Waals surface area contributed by atoms with Gasteiger partial charge in [-0.05, 0) is 84.3 Å². The van der Waals surface area contributed by atoms with Crippen LogP contribution in [0.5, 0.6) is 0 Å². The maximum atomic E-state index is 12.4. The van der Waals surface area contributed by atoms with E-state index in [1.165, 1.54) is 11.1 Å². The van der Waals surface area contributed by atoms with Crippen LogP contribution < -0.4 is 21.8 Å². The second-order valence-corrected chi connectivity index (χ2v) is 14.3. The van der Waals surface area contributed by atoms with Crippen LogP contribution in [0.15, 0.2) is 107 Å². The summed E-state index contributed by atoms with van der Waals surface area (Å²) in [5.74, 6) is 0.326. The number of carbonyl (C=O) groups excluding carboxylic acids is 2. The van der Waals surface area contributed by atoms with Crippen LogP contribution in [0.25, 0.3) is 0 Å². The molecule has 0 fully saturated rings. The molecule has 1 aliphatic rings. The summed E-state index contributed by atoms with van der Waals surface area (Å²) in [4.78, 5) is 34.5. The number of rotatable bonds is 6. The molecule has 49 heavy (non-hydrogen) atoms. The molecule has 0 spiro atoms. The van der Waals surface area contributed by atoms with E-state index in [0.717, 1.165) is 16.9 Å². The summed E-state index contributed by atoms with van der Waals surface area (Å²) < 4.78 is 0. The zero-order valence-electron chi connectivity index (χ0n) is 29.4. The van der Waals surface area contributed by atoms with Crippen LogP contribution in [0.2, 0.25) is 0 Å². The number of hydrogen-bond donors (Lipinski definition) is 5. The Morgan fingerprint density at radius 2 is 1.08 bits per heavy atom. The highest BCUT2D eigenvalue weighted by atomic mass is 16.7. The third-order valence-corrected chi connectivity index (χ3v) is 7.77. The third-order valence-electron chi connectivity index (χ3n) is 7.77. The van der Waals surface area contributed by atoms with Crippen LogP contribution in [-0.2, 0) is 15.7 Å². The van der Waals surface area contributed by atoms with E-state index >= 15 is 0 Å². The van der Waals surface area contributed by atoms with Crippen molar-refractivity contribution < 1.29 is 19.6 Å². The van der Waals surface area contributed by atoms with Gasteiger partial charge in [-0.3, -0.25) is 9.59 Å². The highest BCUT2D eigenvalue weighted by Crippen LogP contribution is 2.25. The average Bonchev–Trinajstić information content (AvgIpc) is 3.43.